The van der Waals surface area contributed by atoms with E-state index in [1.54, 1.807) is 16.9 Å². The minimum Gasteiger partial charge on any atom is -0.348 e. The van der Waals surface area contributed by atoms with Crippen molar-refractivity contribution in [3.05, 3.63) is 83.2 Å². The second kappa shape index (κ2) is 6.53. The number of aromatic nitrogens is 2. The molecule has 1 aliphatic rings. The number of nitrogens with zero attached hydrogens (tertiary/aromatic N) is 3. The summed E-state index contributed by atoms with van der Waals surface area (Å²) in [5.74, 6) is -1.04. The molecule has 1 N–H and O–H groups in total. The van der Waals surface area contributed by atoms with E-state index in [4.69, 9.17) is 0 Å². The summed E-state index contributed by atoms with van der Waals surface area (Å²) in [6.45, 7) is 0.349. The van der Waals surface area contributed by atoms with Crippen molar-refractivity contribution >= 4 is 17.7 Å². The van der Waals surface area contributed by atoms with Crippen LogP contribution in [0.2, 0.25) is 0 Å². The van der Waals surface area contributed by atoms with Crippen LogP contribution < -0.4 is 5.32 Å². The molecular weight excluding hydrogens is 344 g/mol. The number of hydrogen-bond acceptors (Lipinski definition) is 4. The minimum atomic E-state index is -0.390. The van der Waals surface area contributed by atoms with E-state index in [2.05, 4.69) is 10.4 Å². The molecule has 134 valence electrons. The van der Waals surface area contributed by atoms with Gasteiger partial charge in [0.25, 0.3) is 17.7 Å². The highest BCUT2D eigenvalue weighted by molar-refractivity contribution is 6.21. The molecule has 0 saturated heterocycles. The monoisotopic (exact) mass is 360 g/mol. The number of carbonyl (C=O) groups is 3. The molecule has 0 fully saturated rings. The van der Waals surface area contributed by atoms with Gasteiger partial charge in [-0.2, -0.15) is 5.10 Å². The first-order chi connectivity index (χ1) is 13.0. The number of hydrogen-bond donors (Lipinski definition) is 1. The van der Waals surface area contributed by atoms with E-state index < -0.39 is 0 Å². The first kappa shape index (κ1) is 16.7. The summed E-state index contributed by atoms with van der Waals surface area (Å²) in [5, 5.41) is 6.99. The van der Waals surface area contributed by atoms with Crippen molar-refractivity contribution in [2.75, 3.05) is 7.05 Å². The van der Waals surface area contributed by atoms with Crippen molar-refractivity contribution in [2.45, 2.75) is 6.54 Å². The standard InChI is InChI=1S/C20H16N4O3/c1-23-19(26)16-8-5-14(11-17(16)20(23)27)18(25)21-12-13-3-6-15(7-4-13)24-10-2-9-22-24/h2-11H,12H2,1H3,(H,21,25). The topological polar surface area (TPSA) is 84.3 Å². The van der Waals surface area contributed by atoms with E-state index in [1.807, 2.05) is 36.5 Å². The van der Waals surface area contributed by atoms with Gasteiger partial charge < -0.3 is 5.32 Å². The third kappa shape index (κ3) is 2.99. The molecule has 0 unspecified atom stereocenters. The highest BCUT2D eigenvalue weighted by Gasteiger charge is 2.33. The van der Waals surface area contributed by atoms with Crippen LogP contribution in [0.4, 0.5) is 0 Å². The molecule has 2 aromatic carbocycles. The summed E-state index contributed by atoms with van der Waals surface area (Å²) in [5.41, 5.74) is 2.80. The smallest absolute Gasteiger partial charge is 0.261 e. The summed E-state index contributed by atoms with van der Waals surface area (Å²) in [7, 11) is 1.43. The minimum absolute atomic E-state index is 0.263. The highest BCUT2D eigenvalue weighted by atomic mass is 16.2. The molecule has 3 aromatic rings. The van der Waals surface area contributed by atoms with Crippen molar-refractivity contribution in [3.63, 3.8) is 0 Å². The second-order valence-electron chi connectivity index (χ2n) is 6.23. The number of rotatable bonds is 4. The molecule has 1 aliphatic heterocycles. The SMILES string of the molecule is CN1C(=O)c2ccc(C(=O)NCc3ccc(-n4cccn4)cc3)cc2C1=O. The molecule has 0 spiro atoms. The van der Waals surface area contributed by atoms with Crippen molar-refractivity contribution in [1.29, 1.82) is 0 Å². The lowest BCUT2D eigenvalue weighted by molar-refractivity contribution is 0.0693. The first-order valence-corrected chi connectivity index (χ1v) is 8.38. The van der Waals surface area contributed by atoms with E-state index in [9.17, 15) is 14.4 Å². The van der Waals surface area contributed by atoms with Gasteiger partial charge in [0, 0.05) is 31.5 Å². The van der Waals surface area contributed by atoms with Crippen molar-refractivity contribution in [1.82, 2.24) is 20.0 Å². The predicted molar refractivity (Wildman–Crippen MR) is 97.6 cm³/mol. The maximum Gasteiger partial charge on any atom is 0.261 e. The van der Waals surface area contributed by atoms with Gasteiger partial charge in [0.2, 0.25) is 0 Å². The van der Waals surface area contributed by atoms with Gasteiger partial charge in [0.05, 0.1) is 16.8 Å². The van der Waals surface area contributed by atoms with E-state index in [0.29, 0.717) is 17.7 Å². The Morgan fingerprint density at radius 1 is 1.04 bits per heavy atom. The lowest BCUT2D eigenvalue weighted by atomic mass is 10.1. The highest BCUT2D eigenvalue weighted by Crippen LogP contribution is 2.22. The van der Waals surface area contributed by atoms with Gasteiger partial charge in [-0.15, -0.1) is 0 Å². The molecule has 27 heavy (non-hydrogen) atoms. The zero-order valence-electron chi connectivity index (χ0n) is 14.5. The molecule has 0 atom stereocenters. The Labute approximate surface area is 155 Å². The Hall–Kier alpha value is -3.74. The van der Waals surface area contributed by atoms with Gasteiger partial charge in [-0.1, -0.05) is 12.1 Å². The van der Waals surface area contributed by atoms with Gasteiger partial charge in [-0.05, 0) is 42.0 Å². The van der Waals surface area contributed by atoms with Gasteiger partial charge in [-0.25, -0.2) is 4.68 Å². The fourth-order valence-corrected chi connectivity index (χ4v) is 2.97. The fourth-order valence-electron chi connectivity index (χ4n) is 2.97. The summed E-state index contributed by atoms with van der Waals surface area (Å²) >= 11 is 0. The lowest BCUT2D eigenvalue weighted by Gasteiger charge is -2.07. The van der Waals surface area contributed by atoms with Crippen LogP contribution in [0.25, 0.3) is 5.69 Å². The molecule has 0 bridgehead atoms. The van der Waals surface area contributed by atoms with Gasteiger partial charge in [0.1, 0.15) is 0 Å². The van der Waals surface area contributed by atoms with Crippen molar-refractivity contribution < 1.29 is 14.4 Å². The Kier molecular flexibility index (Phi) is 4.04. The van der Waals surface area contributed by atoms with Crippen molar-refractivity contribution in [3.8, 4) is 5.69 Å². The molecule has 0 radical (unpaired) electrons. The van der Waals surface area contributed by atoms with Gasteiger partial charge in [0.15, 0.2) is 0 Å². The van der Waals surface area contributed by atoms with Crippen LogP contribution in [0.15, 0.2) is 60.9 Å². The zero-order chi connectivity index (χ0) is 19.0. The number of imide groups is 1. The molecule has 0 saturated carbocycles. The van der Waals surface area contributed by atoms with Crippen molar-refractivity contribution in [2.24, 2.45) is 0 Å². The van der Waals surface area contributed by atoms with Crippen LogP contribution in [0, 0.1) is 0 Å². The molecular formula is C20H16N4O3. The maximum absolute atomic E-state index is 12.4. The predicted octanol–water partition coefficient (Wildman–Crippen LogP) is 2.03. The molecule has 4 rings (SSSR count). The third-order valence-electron chi connectivity index (χ3n) is 4.51. The van der Waals surface area contributed by atoms with Crippen LogP contribution in [0.3, 0.4) is 0 Å². The molecule has 2 heterocycles. The Bertz CT molecular complexity index is 1040. The summed E-state index contributed by atoms with van der Waals surface area (Å²) < 4.78 is 1.75. The average molecular weight is 360 g/mol. The Morgan fingerprint density at radius 3 is 2.48 bits per heavy atom. The molecule has 7 nitrogen and oxygen atoms in total. The van der Waals surface area contributed by atoms with E-state index in [-0.39, 0.29) is 23.3 Å². The van der Waals surface area contributed by atoms with E-state index >= 15 is 0 Å². The second-order valence-corrected chi connectivity index (χ2v) is 6.23. The molecule has 1 aromatic heterocycles. The van der Waals surface area contributed by atoms with Crippen LogP contribution in [0.1, 0.15) is 36.6 Å². The Balaban J connectivity index is 1.44. The zero-order valence-corrected chi connectivity index (χ0v) is 14.5. The third-order valence-corrected chi connectivity index (χ3v) is 4.51. The summed E-state index contributed by atoms with van der Waals surface area (Å²) in [4.78, 5) is 37.4. The first-order valence-electron chi connectivity index (χ1n) is 8.38. The summed E-state index contributed by atoms with van der Waals surface area (Å²) in [6, 6.07) is 14.1. The largest absolute Gasteiger partial charge is 0.348 e. The molecule has 3 amide bonds. The summed E-state index contributed by atoms with van der Waals surface area (Å²) in [6.07, 6.45) is 3.56. The molecule has 7 heteroatoms. The van der Waals surface area contributed by atoms with Gasteiger partial charge >= 0.3 is 0 Å². The molecule has 0 aliphatic carbocycles. The number of amides is 3. The lowest BCUT2D eigenvalue weighted by Crippen LogP contribution is -2.24. The average Bonchev–Trinajstić information content (AvgIpc) is 3.31. The van der Waals surface area contributed by atoms with Gasteiger partial charge in [-0.3, -0.25) is 19.3 Å². The fraction of sp³-hybridized carbons (Fsp3) is 0.100. The van der Waals surface area contributed by atoms with Crippen LogP contribution >= 0.6 is 0 Å². The van der Waals surface area contributed by atoms with Crippen LogP contribution in [-0.4, -0.2) is 39.4 Å². The van der Waals surface area contributed by atoms with E-state index in [0.717, 1.165) is 16.2 Å². The number of carbonyl (C=O) groups excluding carboxylic acids is 3. The Morgan fingerprint density at radius 2 is 1.78 bits per heavy atom. The van der Waals surface area contributed by atoms with Crippen LogP contribution in [-0.2, 0) is 6.54 Å². The number of benzene rings is 2. The quantitative estimate of drug-likeness (QED) is 0.722. The number of fused-ring (bicyclic) bond motifs is 1. The van der Waals surface area contributed by atoms with Crippen LogP contribution in [0.5, 0.6) is 0 Å². The normalized spacial score (nSPS) is 13.0. The number of nitrogens with one attached hydrogen (secondary N) is 1. The maximum atomic E-state index is 12.4. The van der Waals surface area contributed by atoms with E-state index in [1.165, 1.54) is 19.2 Å².